The molecule has 0 spiro atoms. The molecular weight excluding hydrogens is 457 g/mol. The lowest BCUT2D eigenvalue weighted by Gasteiger charge is -2.30. The summed E-state index contributed by atoms with van der Waals surface area (Å²) < 4.78 is 50.7. The second kappa shape index (κ2) is 9.74. The number of benzene rings is 1. The minimum absolute atomic E-state index is 0.0269. The van der Waals surface area contributed by atoms with Crippen LogP contribution >= 0.6 is 11.8 Å². The topological polar surface area (TPSA) is 69.5 Å². The number of pyridine rings is 1. The van der Waals surface area contributed by atoms with Crippen LogP contribution in [-0.4, -0.2) is 43.9 Å². The summed E-state index contributed by atoms with van der Waals surface area (Å²) in [6.45, 7) is 1.20. The third-order valence-electron chi connectivity index (χ3n) is 5.06. The molecule has 0 unspecified atom stereocenters. The Morgan fingerprint density at radius 3 is 2.33 bits per heavy atom. The number of aromatic nitrogens is 3. The van der Waals surface area contributed by atoms with Gasteiger partial charge in [-0.1, -0.05) is 11.8 Å². The Labute approximate surface area is 192 Å². The molecule has 3 heterocycles. The molecule has 0 N–H and O–H groups in total. The van der Waals surface area contributed by atoms with Gasteiger partial charge in [0, 0.05) is 50.0 Å². The number of piperidine rings is 1. The van der Waals surface area contributed by atoms with Crippen molar-refractivity contribution in [2.24, 2.45) is 7.05 Å². The molecule has 1 aliphatic rings. The molecule has 0 saturated carbocycles. The van der Waals surface area contributed by atoms with Crippen LogP contribution in [0, 0.1) is 0 Å². The number of aryl methyl sites for hydroxylation is 1. The number of halogens is 3. The second-order valence-electron chi connectivity index (χ2n) is 7.45. The van der Waals surface area contributed by atoms with E-state index in [1.165, 1.54) is 0 Å². The van der Waals surface area contributed by atoms with Crippen LogP contribution in [0.15, 0.2) is 60.1 Å². The summed E-state index contributed by atoms with van der Waals surface area (Å²) in [6.07, 6.45) is 1.21. The van der Waals surface area contributed by atoms with Crippen LogP contribution in [0.25, 0.3) is 0 Å². The van der Waals surface area contributed by atoms with Crippen LogP contribution in [0.1, 0.15) is 18.4 Å². The number of thioether (sulfide) groups is 1. The minimum Gasteiger partial charge on any atom is -0.439 e. The van der Waals surface area contributed by atoms with E-state index in [0.29, 0.717) is 36.0 Å². The first kappa shape index (κ1) is 23.0. The van der Waals surface area contributed by atoms with Crippen LogP contribution in [0.3, 0.4) is 0 Å². The zero-order valence-corrected chi connectivity index (χ0v) is 18.5. The number of nitrogens with zero attached hydrogens (tertiary/aromatic N) is 4. The number of ether oxygens (including phenoxy) is 2. The molecule has 1 aliphatic heterocycles. The molecule has 1 amide bonds. The summed E-state index contributed by atoms with van der Waals surface area (Å²) in [5.41, 5.74) is -0.851. The molecule has 1 fully saturated rings. The molecule has 7 nitrogen and oxygen atoms in total. The molecule has 0 atom stereocenters. The Hall–Kier alpha value is -3.21. The highest BCUT2D eigenvalue weighted by Crippen LogP contribution is 2.31. The number of amides is 1. The van der Waals surface area contributed by atoms with Crippen molar-refractivity contribution in [3.8, 4) is 17.4 Å². The summed E-state index contributed by atoms with van der Waals surface area (Å²) in [5.74, 6) is 0.727. The van der Waals surface area contributed by atoms with E-state index in [2.05, 4.69) is 9.97 Å². The van der Waals surface area contributed by atoms with Crippen LogP contribution in [0.5, 0.6) is 17.4 Å². The molecule has 0 bridgehead atoms. The zero-order chi connectivity index (χ0) is 23.4. The van der Waals surface area contributed by atoms with Gasteiger partial charge < -0.3 is 18.9 Å². The lowest BCUT2D eigenvalue weighted by Crippen LogP contribution is -2.40. The maximum Gasteiger partial charge on any atom is 0.417 e. The van der Waals surface area contributed by atoms with E-state index in [1.54, 1.807) is 47.1 Å². The first-order valence-electron chi connectivity index (χ1n) is 10.2. The van der Waals surface area contributed by atoms with Crippen molar-refractivity contribution in [1.82, 2.24) is 19.4 Å². The summed E-state index contributed by atoms with van der Waals surface area (Å²) in [4.78, 5) is 22.1. The first-order valence-corrected chi connectivity index (χ1v) is 11.1. The zero-order valence-electron chi connectivity index (χ0n) is 17.7. The number of alkyl halides is 3. The van der Waals surface area contributed by atoms with E-state index in [1.807, 2.05) is 17.8 Å². The molecule has 3 aromatic rings. The van der Waals surface area contributed by atoms with Crippen molar-refractivity contribution in [3.05, 3.63) is 60.6 Å². The van der Waals surface area contributed by atoms with Gasteiger partial charge in [0.1, 0.15) is 11.5 Å². The third-order valence-corrected chi connectivity index (χ3v) is 6.47. The smallest absolute Gasteiger partial charge is 0.417 e. The molecule has 4 rings (SSSR count). The highest BCUT2D eigenvalue weighted by atomic mass is 32.2. The number of rotatable bonds is 5. The SMILES string of the molecule is Cn1ccnc1SC1CCN(C(=O)Oc2ccc(Oc3ccc(C(F)(F)F)cn3)cc2)CC1. The minimum atomic E-state index is -4.45. The average Bonchev–Trinajstić information content (AvgIpc) is 3.19. The highest BCUT2D eigenvalue weighted by molar-refractivity contribution is 7.99. The summed E-state index contributed by atoms with van der Waals surface area (Å²) >= 11 is 1.72. The number of carbonyl (C=O) groups is 1. The van der Waals surface area contributed by atoms with Crippen LogP contribution < -0.4 is 9.47 Å². The van der Waals surface area contributed by atoms with E-state index < -0.39 is 17.8 Å². The number of hydrogen-bond donors (Lipinski definition) is 0. The van der Waals surface area contributed by atoms with Gasteiger partial charge >= 0.3 is 12.3 Å². The summed E-state index contributed by atoms with van der Waals surface area (Å²) in [7, 11) is 1.96. The van der Waals surface area contributed by atoms with Gasteiger partial charge in [-0.25, -0.2) is 14.8 Å². The standard InChI is InChI=1S/C22H21F3N4O3S/c1-28-13-10-26-20(28)33-18-8-11-29(12-9-18)21(30)32-17-5-3-16(4-6-17)31-19-7-2-15(14-27-19)22(23,24)25/h2-7,10,13-14,18H,8-9,11-12H2,1H3. The third kappa shape index (κ3) is 5.98. The van der Waals surface area contributed by atoms with Crippen molar-refractivity contribution in [2.45, 2.75) is 29.4 Å². The summed E-state index contributed by atoms with van der Waals surface area (Å²) in [5, 5.41) is 1.36. The van der Waals surface area contributed by atoms with Gasteiger partial charge in [-0.15, -0.1) is 0 Å². The van der Waals surface area contributed by atoms with Gasteiger partial charge in [0.15, 0.2) is 5.16 Å². The molecule has 174 valence electrons. The summed E-state index contributed by atoms with van der Waals surface area (Å²) in [6, 6.07) is 8.26. The van der Waals surface area contributed by atoms with Gasteiger partial charge in [0.2, 0.25) is 5.88 Å². The Kier molecular flexibility index (Phi) is 6.77. The van der Waals surface area contributed by atoms with Crippen LogP contribution in [-0.2, 0) is 13.2 Å². The lowest BCUT2D eigenvalue weighted by molar-refractivity contribution is -0.137. The fourth-order valence-corrected chi connectivity index (χ4v) is 4.33. The second-order valence-corrected chi connectivity index (χ2v) is 8.72. The Balaban J connectivity index is 1.26. The van der Waals surface area contributed by atoms with Gasteiger partial charge in [-0.3, -0.25) is 0 Å². The fraction of sp³-hybridized carbons (Fsp3) is 0.318. The molecule has 33 heavy (non-hydrogen) atoms. The van der Waals surface area contributed by atoms with Gasteiger partial charge in [-0.2, -0.15) is 13.2 Å². The molecule has 1 saturated heterocycles. The quantitative estimate of drug-likeness (QED) is 0.490. The molecular formula is C22H21F3N4O3S. The maximum atomic E-state index is 12.6. The van der Waals surface area contributed by atoms with Gasteiger partial charge in [-0.05, 0) is 43.2 Å². The van der Waals surface area contributed by atoms with Gasteiger partial charge in [0.05, 0.1) is 5.56 Å². The van der Waals surface area contributed by atoms with Crippen molar-refractivity contribution < 1.29 is 27.4 Å². The van der Waals surface area contributed by atoms with E-state index in [9.17, 15) is 18.0 Å². The highest BCUT2D eigenvalue weighted by Gasteiger charge is 2.30. The number of imidazole rings is 1. The number of likely N-dealkylation sites (tertiary alicyclic amines) is 1. The largest absolute Gasteiger partial charge is 0.439 e. The predicted octanol–water partition coefficient (Wildman–Crippen LogP) is 5.38. The van der Waals surface area contributed by atoms with E-state index in [-0.39, 0.29) is 5.88 Å². The van der Waals surface area contributed by atoms with E-state index in [4.69, 9.17) is 9.47 Å². The van der Waals surface area contributed by atoms with Crippen molar-refractivity contribution in [1.29, 1.82) is 0 Å². The van der Waals surface area contributed by atoms with Crippen LogP contribution in [0.2, 0.25) is 0 Å². The van der Waals surface area contributed by atoms with Crippen molar-refractivity contribution >= 4 is 17.9 Å². The van der Waals surface area contributed by atoms with E-state index in [0.717, 1.165) is 30.1 Å². The molecule has 1 aromatic carbocycles. The van der Waals surface area contributed by atoms with Crippen molar-refractivity contribution in [2.75, 3.05) is 13.1 Å². The molecule has 11 heteroatoms. The predicted molar refractivity (Wildman–Crippen MR) is 115 cm³/mol. The Bertz CT molecular complexity index is 1080. The van der Waals surface area contributed by atoms with Crippen molar-refractivity contribution in [3.63, 3.8) is 0 Å². The number of carbonyl (C=O) groups excluding carboxylic acids is 1. The van der Waals surface area contributed by atoms with Crippen LogP contribution in [0.4, 0.5) is 18.0 Å². The first-order chi connectivity index (χ1) is 15.8. The number of hydrogen-bond acceptors (Lipinski definition) is 6. The Morgan fingerprint density at radius 2 is 1.76 bits per heavy atom. The lowest BCUT2D eigenvalue weighted by atomic mass is 10.1. The monoisotopic (exact) mass is 478 g/mol. The maximum absolute atomic E-state index is 12.6. The average molecular weight is 478 g/mol. The molecule has 0 aliphatic carbocycles. The van der Waals surface area contributed by atoms with E-state index >= 15 is 0 Å². The molecule has 2 aromatic heterocycles. The normalized spacial score (nSPS) is 14.8. The fourth-order valence-electron chi connectivity index (χ4n) is 3.24. The Morgan fingerprint density at radius 1 is 1.06 bits per heavy atom. The van der Waals surface area contributed by atoms with Gasteiger partial charge in [0.25, 0.3) is 0 Å². The molecule has 0 radical (unpaired) electrons.